The predicted molar refractivity (Wildman–Crippen MR) is 117 cm³/mol. The Hall–Kier alpha value is -3.37. The van der Waals surface area contributed by atoms with E-state index < -0.39 is 12.1 Å². The fraction of sp³-hybridized carbons (Fsp3) is 0.304. The lowest BCUT2D eigenvalue weighted by atomic mass is 9.83. The summed E-state index contributed by atoms with van der Waals surface area (Å²) >= 11 is 0. The van der Waals surface area contributed by atoms with E-state index in [1.54, 1.807) is 0 Å². The van der Waals surface area contributed by atoms with Crippen LogP contribution in [0.4, 0.5) is 18.9 Å². The number of nitrogens with zero attached hydrogens (tertiary/aromatic N) is 1. The maximum Gasteiger partial charge on any atom is 0.490 e. The molecule has 1 aliphatic heterocycles. The highest BCUT2D eigenvalue weighted by Crippen LogP contribution is 2.31. The first kappa shape index (κ1) is 24.3. The molecule has 0 saturated carbocycles. The highest BCUT2D eigenvalue weighted by Gasteiger charge is 2.38. The van der Waals surface area contributed by atoms with E-state index in [9.17, 15) is 13.2 Å². The Balaban J connectivity index is 0.000000383. The topological polar surface area (TPSA) is 113 Å². The summed E-state index contributed by atoms with van der Waals surface area (Å²) in [6, 6.07) is 18.7. The van der Waals surface area contributed by atoms with E-state index in [1.165, 1.54) is 5.56 Å². The number of benzene rings is 2. The van der Waals surface area contributed by atoms with Crippen molar-refractivity contribution in [2.24, 2.45) is 5.73 Å². The van der Waals surface area contributed by atoms with Crippen LogP contribution in [0.3, 0.4) is 0 Å². The van der Waals surface area contributed by atoms with E-state index in [2.05, 4.69) is 51.9 Å². The number of aliphatic carboxylic acids is 1. The molecule has 10 heteroatoms. The number of carbonyl (C=O) groups is 1. The number of ether oxygens (including phenoxy) is 1. The summed E-state index contributed by atoms with van der Waals surface area (Å²) in [5.41, 5.74) is 11.9. The van der Waals surface area contributed by atoms with Crippen LogP contribution in [0.5, 0.6) is 0 Å². The first-order valence-corrected chi connectivity index (χ1v) is 10.3. The van der Waals surface area contributed by atoms with E-state index >= 15 is 0 Å². The molecule has 33 heavy (non-hydrogen) atoms. The molecule has 1 aromatic heterocycles. The van der Waals surface area contributed by atoms with E-state index in [-0.39, 0.29) is 5.54 Å². The second-order valence-corrected chi connectivity index (χ2v) is 7.64. The minimum absolute atomic E-state index is 0.291. The molecule has 1 fully saturated rings. The highest BCUT2D eigenvalue weighted by atomic mass is 19.4. The maximum absolute atomic E-state index is 10.6. The Morgan fingerprint density at radius 3 is 2.45 bits per heavy atom. The van der Waals surface area contributed by atoms with Gasteiger partial charge in [-0.3, -0.25) is 5.10 Å². The van der Waals surface area contributed by atoms with E-state index in [0.717, 1.165) is 48.6 Å². The van der Waals surface area contributed by atoms with Crippen LogP contribution in [0, 0.1) is 0 Å². The van der Waals surface area contributed by atoms with Gasteiger partial charge in [0, 0.05) is 36.5 Å². The Labute approximate surface area is 188 Å². The lowest BCUT2D eigenvalue weighted by Gasteiger charge is -2.34. The van der Waals surface area contributed by atoms with Crippen molar-refractivity contribution in [3.8, 4) is 11.3 Å². The van der Waals surface area contributed by atoms with E-state index in [1.807, 2.05) is 24.4 Å². The number of aromatic nitrogens is 2. The van der Waals surface area contributed by atoms with Crippen LogP contribution in [-0.4, -0.2) is 40.7 Å². The van der Waals surface area contributed by atoms with Gasteiger partial charge in [-0.2, -0.15) is 18.3 Å². The summed E-state index contributed by atoms with van der Waals surface area (Å²) in [6.07, 6.45) is -1.49. The molecule has 0 amide bonds. The molecule has 1 saturated heterocycles. The zero-order valence-electron chi connectivity index (χ0n) is 17.7. The normalized spacial score (nSPS) is 15.3. The van der Waals surface area contributed by atoms with Crippen LogP contribution in [0.1, 0.15) is 24.0 Å². The summed E-state index contributed by atoms with van der Waals surface area (Å²) in [4.78, 5) is 8.90. The van der Waals surface area contributed by atoms with Crippen molar-refractivity contribution in [2.75, 3.05) is 18.5 Å². The lowest BCUT2D eigenvalue weighted by molar-refractivity contribution is -0.192. The molecule has 5 N–H and O–H groups in total. The zero-order valence-corrected chi connectivity index (χ0v) is 17.7. The van der Waals surface area contributed by atoms with Crippen LogP contribution in [-0.2, 0) is 21.6 Å². The molecule has 0 unspecified atom stereocenters. The number of aromatic amines is 1. The van der Waals surface area contributed by atoms with Crippen LogP contribution in [0.15, 0.2) is 60.8 Å². The van der Waals surface area contributed by atoms with Gasteiger partial charge < -0.3 is 20.9 Å². The monoisotopic (exact) mass is 462 g/mol. The molecule has 0 spiro atoms. The van der Waals surface area contributed by atoms with Crippen molar-refractivity contribution in [1.29, 1.82) is 0 Å². The first-order chi connectivity index (χ1) is 15.7. The van der Waals surface area contributed by atoms with Gasteiger partial charge in [-0.1, -0.05) is 42.5 Å². The van der Waals surface area contributed by atoms with Gasteiger partial charge in [-0.15, -0.1) is 0 Å². The molecule has 0 atom stereocenters. The van der Waals surface area contributed by atoms with Gasteiger partial charge in [0.15, 0.2) is 0 Å². The Morgan fingerprint density at radius 2 is 1.82 bits per heavy atom. The van der Waals surface area contributed by atoms with Crippen molar-refractivity contribution in [3.63, 3.8) is 0 Å². The zero-order chi connectivity index (χ0) is 23.9. The molecular weight excluding hydrogens is 437 g/mol. The molecule has 2 aromatic carbocycles. The van der Waals surface area contributed by atoms with Gasteiger partial charge >= 0.3 is 12.1 Å². The number of alkyl halides is 3. The molecule has 0 radical (unpaired) electrons. The number of anilines is 1. The van der Waals surface area contributed by atoms with E-state index in [0.29, 0.717) is 6.54 Å². The minimum atomic E-state index is -5.08. The Kier molecular flexibility index (Phi) is 7.72. The third-order valence-corrected chi connectivity index (χ3v) is 5.33. The molecule has 176 valence electrons. The van der Waals surface area contributed by atoms with Crippen LogP contribution < -0.4 is 11.1 Å². The number of carboxylic acid groups (broad SMARTS) is 1. The average Bonchev–Trinajstić information content (AvgIpc) is 3.27. The second-order valence-electron chi connectivity index (χ2n) is 7.64. The fourth-order valence-electron chi connectivity index (χ4n) is 3.46. The quantitative estimate of drug-likeness (QED) is 0.450. The fourth-order valence-corrected chi connectivity index (χ4v) is 3.46. The van der Waals surface area contributed by atoms with E-state index in [4.69, 9.17) is 20.4 Å². The van der Waals surface area contributed by atoms with Crippen molar-refractivity contribution in [3.05, 3.63) is 71.9 Å². The second kappa shape index (κ2) is 10.5. The molecule has 1 aliphatic rings. The van der Waals surface area contributed by atoms with Gasteiger partial charge in [-0.05, 0) is 36.1 Å². The smallest absolute Gasteiger partial charge is 0.475 e. The van der Waals surface area contributed by atoms with Crippen LogP contribution in [0.25, 0.3) is 11.3 Å². The molecule has 7 nitrogen and oxygen atoms in total. The van der Waals surface area contributed by atoms with Gasteiger partial charge in [0.2, 0.25) is 0 Å². The number of halogens is 3. The summed E-state index contributed by atoms with van der Waals surface area (Å²) in [5, 5.41) is 17.9. The molecule has 0 bridgehead atoms. The third kappa shape index (κ3) is 6.56. The minimum Gasteiger partial charge on any atom is -0.475 e. The van der Waals surface area contributed by atoms with Crippen molar-refractivity contribution >= 4 is 11.7 Å². The predicted octanol–water partition coefficient (Wildman–Crippen LogP) is 4.29. The average molecular weight is 462 g/mol. The van der Waals surface area contributed by atoms with Gasteiger partial charge in [0.25, 0.3) is 0 Å². The van der Waals surface area contributed by atoms with Crippen LogP contribution >= 0.6 is 0 Å². The molecule has 0 aliphatic carbocycles. The van der Waals surface area contributed by atoms with Crippen molar-refractivity contribution in [2.45, 2.75) is 31.1 Å². The third-order valence-electron chi connectivity index (χ3n) is 5.33. The number of H-pyrrole nitrogens is 1. The van der Waals surface area contributed by atoms with Crippen LogP contribution in [0.2, 0.25) is 0 Å². The van der Waals surface area contributed by atoms with Crippen molar-refractivity contribution in [1.82, 2.24) is 10.2 Å². The van der Waals surface area contributed by atoms with Crippen molar-refractivity contribution < 1.29 is 27.8 Å². The molecular formula is C23H25F3N4O3. The SMILES string of the molecule is NC1(c2cccc(NCc3cn[nH]c3-c3ccccc3)c2)CCOCC1.O=C(O)C(F)(F)F. The molecule has 2 heterocycles. The largest absolute Gasteiger partial charge is 0.490 e. The summed E-state index contributed by atoms with van der Waals surface area (Å²) in [7, 11) is 0. The number of nitrogens with two attached hydrogens (primary N) is 1. The summed E-state index contributed by atoms with van der Waals surface area (Å²) in [6.45, 7) is 2.15. The number of rotatable bonds is 5. The number of nitrogens with one attached hydrogen (secondary N) is 2. The highest BCUT2D eigenvalue weighted by molar-refractivity contribution is 5.73. The lowest BCUT2D eigenvalue weighted by Crippen LogP contribution is -2.42. The van der Waals surface area contributed by atoms with Gasteiger partial charge in [-0.25, -0.2) is 4.79 Å². The van der Waals surface area contributed by atoms with Gasteiger partial charge in [0.1, 0.15) is 0 Å². The number of hydrogen-bond acceptors (Lipinski definition) is 5. The Morgan fingerprint density at radius 1 is 1.15 bits per heavy atom. The maximum atomic E-state index is 10.6. The first-order valence-electron chi connectivity index (χ1n) is 10.3. The summed E-state index contributed by atoms with van der Waals surface area (Å²) in [5.74, 6) is -2.76. The molecule has 4 rings (SSSR count). The molecule has 3 aromatic rings. The Bertz CT molecular complexity index is 1050. The summed E-state index contributed by atoms with van der Waals surface area (Å²) < 4.78 is 37.2. The number of hydrogen-bond donors (Lipinski definition) is 4. The standard InChI is InChI=1S/C21H24N4O.C2HF3O2/c22-21(9-11-26-12-10-21)18-7-4-8-19(13-18)23-14-17-15-24-25-20(17)16-5-2-1-3-6-16;3-2(4,5)1(6)7/h1-8,13,15,23H,9-12,14,22H2,(H,24,25);(H,6,7). The number of carboxylic acids is 1. The van der Waals surface area contributed by atoms with Gasteiger partial charge in [0.05, 0.1) is 11.9 Å².